The monoisotopic (exact) mass is 670 g/mol. The van der Waals surface area contributed by atoms with Gasteiger partial charge in [0.15, 0.2) is 0 Å². The first kappa shape index (κ1) is 35.4. The zero-order valence-electron chi connectivity index (χ0n) is 24.7. The minimum Gasteiger partial charge on any atom is -0.385 e. The second-order valence-corrected chi connectivity index (χ2v) is 11.6. The van der Waals surface area contributed by atoms with Gasteiger partial charge in [-0.3, -0.25) is 4.90 Å². The number of rotatable bonds is 11. The van der Waals surface area contributed by atoms with E-state index in [0.29, 0.717) is 17.7 Å². The molecule has 2 aromatic carbocycles. The molecule has 1 fully saturated rings. The van der Waals surface area contributed by atoms with Crippen LogP contribution >= 0.6 is 0 Å². The van der Waals surface area contributed by atoms with Gasteiger partial charge in [0.25, 0.3) is 5.95 Å². The second kappa shape index (κ2) is 13.0. The predicted molar refractivity (Wildman–Crippen MR) is 144 cm³/mol. The Labute approximate surface area is 257 Å². The van der Waals surface area contributed by atoms with Crippen molar-refractivity contribution >= 4 is 5.95 Å². The number of β-amino-alcohol motifs (C(OH)–C–C–N with tert-alkyl or cyclic N) is 1. The van der Waals surface area contributed by atoms with Gasteiger partial charge in [0, 0.05) is 32.2 Å². The van der Waals surface area contributed by atoms with Crippen LogP contribution in [0.4, 0.5) is 45.5 Å². The molecular formula is C28H31F9N6O3. The lowest BCUT2D eigenvalue weighted by Gasteiger charge is -2.51. The maximum absolute atomic E-state index is 13.9. The standard InChI is InChI=1S/C28H31F9N6O3/c1-16(2)23(43-12-25(45,13-43)14-46-15-44)22-5-4-19(26(29,30)31)8-18(22)11-42(24-38-40-41(3)39-24)10-17-6-20(27(32,33)34)9-21(7-17)28(35,36)37/h4-9,16,23,44-45H,10-15H2,1-3H3. The Morgan fingerprint density at radius 3 is 1.96 bits per heavy atom. The van der Waals surface area contributed by atoms with Gasteiger partial charge in [-0.25, -0.2) is 0 Å². The quantitative estimate of drug-likeness (QED) is 0.213. The lowest BCUT2D eigenvalue weighted by molar-refractivity contribution is -0.172. The topological polar surface area (TPSA) is 99.8 Å². The van der Waals surface area contributed by atoms with E-state index in [4.69, 9.17) is 9.84 Å². The number of benzene rings is 2. The molecule has 0 amide bonds. The normalized spacial score (nSPS) is 16.5. The fraction of sp³-hybridized carbons (Fsp3) is 0.536. The fourth-order valence-electron chi connectivity index (χ4n) is 5.55. The Hall–Kier alpha value is -3.48. The second-order valence-electron chi connectivity index (χ2n) is 11.6. The molecule has 2 N–H and O–H groups in total. The van der Waals surface area contributed by atoms with Crippen LogP contribution < -0.4 is 4.90 Å². The molecule has 4 rings (SSSR count). The summed E-state index contributed by atoms with van der Waals surface area (Å²) in [5.41, 5.74) is -5.49. The van der Waals surface area contributed by atoms with Crippen molar-refractivity contribution in [2.45, 2.75) is 57.1 Å². The number of aromatic nitrogens is 4. The number of alkyl halides is 9. The van der Waals surface area contributed by atoms with E-state index in [-0.39, 0.29) is 43.2 Å². The predicted octanol–water partition coefficient (Wildman–Crippen LogP) is 5.18. The third-order valence-electron chi connectivity index (χ3n) is 7.43. The summed E-state index contributed by atoms with van der Waals surface area (Å²) >= 11 is 0. The van der Waals surface area contributed by atoms with Gasteiger partial charge in [-0.05, 0) is 58.2 Å². The Morgan fingerprint density at radius 2 is 1.48 bits per heavy atom. The lowest BCUT2D eigenvalue weighted by atomic mass is 9.84. The molecule has 1 unspecified atom stereocenters. The summed E-state index contributed by atoms with van der Waals surface area (Å²) in [6.07, 6.45) is -15.0. The van der Waals surface area contributed by atoms with Crippen LogP contribution in [0.15, 0.2) is 36.4 Å². The van der Waals surface area contributed by atoms with Crippen LogP contribution in [0.5, 0.6) is 0 Å². The van der Waals surface area contributed by atoms with Crippen molar-refractivity contribution in [3.63, 3.8) is 0 Å². The van der Waals surface area contributed by atoms with Crippen molar-refractivity contribution in [2.75, 3.05) is 31.4 Å². The highest BCUT2D eigenvalue weighted by Crippen LogP contribution is 2.41. The number of hydrogen-bond acceptors (Lipinski definition) is 8. The number of aliphatic hydroxyl groups is 2. The van der Waals surface area contributed by atoms with Crippen LogP contribution in [0, 0.1) is 5.92 Å². The molecule has 0 spiro atoms. The molecule has 1 aromatic heterocycles. The van der Waals surface area contributed by atoms with Gasteiger partial charge in [0.05, 0.1) is 30.3 Å². The summed E-state index contributed by atoms with van der Waals surface area (Å²) in [6.45, 7) is 1.79. The lowest BCUT2D eigenvalue weighted by Crippen LogP contribution is -2.65. The first-order valence-electron chi connectivity index (χ1n) is 13.8. The molecule has 18 heteroatoms. The summed E-state index contributed by atoms with van der Waals surface area (Å²) in [4.78, 5) is 3.92. The van der Waals surface area contributed by atoms with Crippen LogP contribution in [-0.2, 0) is 43.4 Å². The van der Waals surface area contributed by atoms with Crippen LogP contribution in [-0.4, -0.2) is 67.4 Å². The molecule has 1 atom stereocenters. The molecule has 0 bridgehead atoms. The Bertz CT molecular complexity index is 1470. The summed E-state index contributed by atoms with van der Waals surface area (Å²) < 4.78 is 128. The molecule has 0 aliphatic carbocycles. The van der Waals surface area contributed by atoms with Gasteiger partial charge in [0.1, 0.15) is 12.4 Å². The molecule has 0 radical (unpaired) electrons. The SMILES string of the molecule is CC(C)C(c1ccc(C(F)(F)F)cc1CN(Cc1cc(C(F)(F)F)cc(C(F)(F)F)c1)c1nnn(C)n1)N1CC(O)(COCO)C1. The number of nitrogens with zero attached hydrogens (tertiary/aromatic N) is 6. The molecule has 2 heterocycles. The van der Waals surface area contributed by atoms with E-state index in [1.54, 1.807) is 18.7 Å². The van der Waals surface area contributed by atoms with Gasteiger partial charge in [-0.15, -0.1) is 5.10 Å². The highest BCUT2D eigenvalue weighted by molar-refractivity contribution is 5.42. The number of aliphatic hydroxyl groups excluding tert-OH is 1. The summed E-state index contributed by atoms with van der Waals surface area (Å²) in [5.74, 6) is -0.489. The van der Waals surface area contributed by atoms with Crippen LogP contribution in [0.1, 0.15) is 53.3 Å². The zero-order valence-corrected chi connectivity index (χ0v) is 24.7. The van der Waals surface area contributed by atoms with Crippen molar-refractivity contribution < 1.29 is 54.5 Å². The van der Waals surface area contributed by atoms with Crippen molar-refractivity contribution in [2.24, 2.45) is 13.0 Å². The highest BCUT2D eigenvalue weighted by Gasteiger charge is 2.46. The van der Waals surface area contributed by atoms with Crippen LogP contribution in [0.25, 0.3) is 0 Å². The number of tetrazole rings is 1. The third kappa shape index (κ3) is 8.26. The van der Waals surface area contributed by atoms with Crippen molar-refractivity contribution in [3.8, 4) is 0 Å². The number of aryl methyl sites for hydroxylation is 1. The third-order valence-corrected chi connectivity index (χ3v) is 7.43. The van der Waals surface area contributed by atoms with E-state index in [0.717, 1.165) is 21.8 Å². The largest absolute Gasteiger partial charge is 0.416 e. The summed E-state index contributed by atoms with van der Waals surface area (Å²) in [6, 6.07) is 3.46. The van der Waals surface area contributed by atoms with Gasteiger partial charge in [-0.1, -0.05) is 25.0 Å². The average Bonchev–Trinajstić information content (AvgIpc) is 3.35. The number of anilines is 1. The van der Waals surface area contributed by atoms with Gasteiger partial charge < -0.3 is 19.8 Å². The number of likely N-dealkylation sites (tertiary alicyclic amines) is 1. The molecule has 1 aliphatic heterocycles. The minimum absolute atomic E-state index is 0.0214. The first-order valence-corrected chi connectivity index (χ1v) is 13.8. The maximum atomic E-state index is 13.9. The van der Waals surface area contributed by atoms with Crippen molar-refractivity contribution in [3.05, 3.63) is 69.8 Å². The molecule has 0 saturated carbocycles. The number of halogens is 9. The average molecular weight is 671 g/mol. The summed E-state index contributed by atoms with van der Waals surface area (Å²) in [5, 5.41) is 31.2. The molecule has 9 nitrogen and oxygen atoms in total. The minimum atomic E-state index is -5.12. The molecule has 3 aromatic rings. The van der Waals surface area contributed by atoms with Gasteiger partial charge in [0.2, 0.25) is 0 Å². The Morgan fingerprint density at radius 1 is 0.891 bits per heavy atom. The highest BCUT2D eigenvalue weighted by atomic mass is 19.4. The Balaban J connectivity index is 1.79. The van der Waals surface area contributed by atoms with Crippen LogP contribution in [0.3, 0.4) is 0 Å². The fourth-order valence-corrected chi connectivity index (χ4v) is 5.55. The van der Waals surface area contributed by atoms with E-state index < -0.39 is 72.3 Å². The van der Waals surface area contributed by atoms with Crippen LogP contribution in [0.2, 0.25) is 0 Å². The van der Waals surface area contributed by atoms with E-state index >= 15 is 0 Å². The van der Waals surface area contributed by atoms with Gasteiger partial charge in [-0.2, -0.15) is 44.3 Å². The molecule has 1 saturated heterocycles. The number of ether oxygens (including phenoxy) is 1. The molecule has 254 valence electrons. The van der Waals surface area contributed by atoms with Gasteiger partial charge >= 0.3 is 18.5 Å². The zero-order chi connectivity index (χ0) is 34.2. The van der Waals surface area contributed by atoms with E-state index in [1.807, 2.05) is 0 Å². The molecule has 1 aliphatic rings. The van der Waals surface area contributed by atoms with E-state index in [9.17, 15) is 44.6 Å². The van der Waals surface area contributed by atoms with E-state index in [1.165, 1.54) is 13.1 Å². The van der Waals surface area contributed by atoms with E-state index in [2.05, 4.69) is 15.4 Å². The molecular weight excluding hydrogens is 639 g/mol. The Kier molecular flexibility index (Phi) is 9.97. The summed E-state index contributed by atoms with van der Waals surface area (Å²) in [7, 11) is 1.36. The number of hydrogen-bond donors (Lipinski definition) is 2. The van der Waals surface area contributed by atoms with Crippen molar-refractivity contribution in [1.29, 1.82) is 0 Å². The smallest absolute Gasteiger partial charge is 0.385 e. The first-order chi connectivity index (χ1) is 21.2. The van der Waals surface area contributed by atoms with Crippen molar-refractivity contribution in [1.82, 2.24) is 25.1 Å². The molecule has 46 heavy (non-hydrogen) atoms. The maximum Gasteiger partial charge on any atom is 0.416 e.